The van der Waals surface area contributed by atoms with E-state index in [1.807, 2.05) is 43.3 Å². The zero-order valence-corrected chi connectivity index (χ0v) is 20.2. The molecule has 4 rings (SSSR count). The summed E-state index contributed by atoms with van der Waals surface area (Å²) in [5, 5.41) is 8.47. The number of halogens is 2. The lowest BCUT2D eigenvalue weighted by atomic mass is 10.1. The number of benzene rings is 3. The summed E-state index contributed by atoms with van der Waals surface area (Å²) in [4.78, 5) is 12.7. The van der Waals surface area contributed by atoms with Gasteiger partial charge in [-0.3, -0.25) is 9.48 Å². The van der Waals surface area contributed by atoms with Gasteiger partial charge < -0.3 is 14.8 Å². The third-order valence-electron chi connectivity index (χ3n) is 5.27. The van der Waals surface area contributed by atoms with Crippen LogP contribution in [0.25, 0.3) is 0 Å². The molecule has 0 saturated heterocycles. The van der Waals surface area contributed by atoms with Gasteiger partial charge in [-0.15, -0.1) is 0 Å². The number of rotatable bonds is 8. The zero-order chi connectivity index (χ0) is 24.1. The first-order valence-corrected chi connectivity index (χ1v) is 11.3. The predicted molar refractivity (Wildman–Crippen MR) is 134 cm³/mol. The highest BCUT2D eigenvalue weighted by molar-refractivity contribution is 6.36. The second-order valence-corrected chi connectivity index (χ2v) is 8.46. The van der Waals surface area contributed by atoms with Gasteiger partial charge in [-0.1, -0.05) is 41.4 Å². The molecule has 3 aromatic carbocycles. The fourth-order valence-electron chi connectivity index (χ4n) is 3.34. The van der Waals surface area contributed by atoms with E-state index in [4.69, 9.17) is 32.7 Å². The Morgan fingerprint density at radius 2 is 1.62 bits per heavy atom. The monoisotopic (exact) mass is 495 g/mol. The van der Waals surface area contributed by atoms with Crippen molar-refractivity contribution in [3.63, 3.8) is 0 Å². The lowest BCUT2D eigenvalue weighted by Crippen LogP contribution is -2.13. The largest absolute Gasteiger partial charge is 0.497 e. The van der Waals surface area contributed by atoms with E-state index in [9.17, 15) is 4.79 Å². The first-order chi connectivity index (χ1) is 16.4. The van der Waals surface area contributed by atoms with Crippen molar-refractivity contribution in [2.45, 2.75) is 20.1 Å². The molecule has 0 unspecified atom stereocenters. The molecule has 0 spiro atoms. The van der Waals surface area contributed by atoms with Gasteiger partial charge in [0, 0.05) is 32.9 Å². The Morgan fingerprint density at radius 3 is 2.26 bits per heavy atom. The zero-order valence-electron chi connectivity index (χ0n) is 18.7. The average Bonchev–Trinajstić information content (AvgIpc) is 3.19. The lowest BCUT2D eigenvalue weighted by molar-refractivity contribution is 0.102. The van der Waals surface area contributed by atoms with Crippen molar-refractivity contribution in [1.29, 1.82) is 0 Å². The summed E-state index contributed by atoms with van der Waals surface area (Å²) in [6, 6.07) is 21.8. The highest BCUT2D eigenvalue weighted by Crippen LogP contribution is 2.26. The van der Waals surface area contributed by atoms with Gasteiger partial charge in [-0.25, -0.2) is 0 Å². The maximum Gasteiger partial charge on any atom is 0.256 e. The number of carbonyl (C=O) groups is 1. The quantitative estimate of drug-likeness (QED) is 0.307. The molecule has 34 heavy (non-hydrogen) atoms. The van der Waals surface area contributed by atoms with Crippen LogP contribution in [0.5, 0.6) is 11.5 Å². The lowest BCUT2D eigenvalue weighted by Gasteiger charge is -2.09. The Labute approximate surface area is 208 Å². The summed E-state index contributed by atoms with van der Waals surface area (Å²) in [6.07, 6.45) is 0. The summed E-state index contributed by atoms with van der Waals surface area (Å²) in [5.41, 5.74) is 3.12. The molecule has 1 N–H and O–H groups in total. The normalized spacial score (nSPS) is 10.7. The molecule has 174 valence electrons. The van der Waals surface area contributed by atoms with Crippen LogP contribution in [0.4, 0.5) is 5.82 Å². The minimum absolute atomic E-state index is 0.247. The number of aromatic nitrogens is 2. The van der Waals surface area contributed by atoms with Gasteiger partial charge >= 0.3 is 0 Å². The molecule has 1 aromatic heterocycles. The number of nitrogens with one attached hydrogen (secondary N) is 1. The smallest absolute Gasteiger partial charge is 0.256 e. The van der Waals surface area contributed by atoms with Crippen LogP contribution in [-0.4, -0.2) is 22.8 Å². The maximum atomic E-state index is 12.7. The third kappa shape index (κ3) is 5.71. The third-order valence-corrected chi connectivity index (χ3v) is 5.98. The van der Waals surface area contributed by atoms with Crippen molar-refractivity contribution in [2.75, 3.05) is 12.4 Å². The first-order valence-electron chi connectivity index (χ1n) is 10.6. The van der Waals surface area contributed by atoms with E-state index in [1.54, 1.807) is 48.2 Å². The minimum atomic E-state index is -0.247. The highest BCUT2D eigenvalue weighted by Gasteiger charge is 2.13. The molecule has 0 aliphatic carbocycles. The first kappa shape index (κ1) is 23.7. The second-order valence-electron chi connectivity index (χ2n) is 7.64. The minimum Gasteiger partial charge on any atom is -0.497 e. The van der Waals surface area contributed by atoms with E-state index in [0.29, 0.717) is 34.6 Å². The van der Waals surface area contributed by atoms with E-state index < -0.39 is 0 Å². The van der Waals surface area contributed by atoms with Gasteiger partial charge in [0.25, 0.3) is 5.91 Å². The summed E-state index contributed by atoms with van der Waals surface area (Å²) in [6.45, 7) is 2.70. The molecular weight excluding hydrogens is 473 g/mol. The number of aryl methyl sites for hydroxylation is 1. The molecule has 0 aliphatic rings. The van der Waals surface area contributed by atoms with Crippen molar-refractivity contribution in [3.8, 4) is 11.5 Å². The Balaban J connectivity index is 1.36. The summed E-state index contributed by atoms with van der Waals surface area (Å²) in [5.74, 6) is 1.72. The molecule has 0 fully saturated rings. The van der Waals surface area contributed by atoms with Crippen molar-refractivity contribution in [2.24, 2.45) is 0 Å². The molecule has 0 aliphatic heterocycles. The van der Waals surface area contributed by atoms with E-state index in [0.717, 1.165) is 28.3 Å². The Bertz CT molecular complexity index is 1270. The predicted octanol–water partition coefficient (Wildman–Crippen LogP) is 6.39. The van der Waals surface area contributed by atoms with Crippen LogP contribution in [0, 0.1) is 6.92 Å². The average molecular weight is 496 g/mol. The van der Waals surface area contributed by atoms with Gasteiger partial charge in [0.15, 0.2) is 5.82 Å². The topological polar surface area (TPSA) is 65.4 Å². The van der Waals surface area contributed by atoms with Crippen LogP contribution in [-0.2, 0) is 13.2 Å². The van der Waals surface area contributed by atoms with Crippen LogP contribution in [0.3, 0.4) is 0 Å². The van der Waals surface area contributed by atoms with Crippen LogP contribution < -0.4 is 14.8 Å². The molecule has 0 atom stereocenters. The summed E-state index contributed by atoms with van der Waals surface area (Å²) in [7, 11) is 1.62. The van der Waals surface area contributed by atoms with Crippen molar-refractivity contribution >= 4 is 34.9 Å². The number of amides is 1. The van der Waals surface area contributed by atoms with E-state index >= 15 is 0 Å². The summed E-state index contributed by atoms with van der Waals surface area (Å²) < 4.78 is 12.7. The Morgan fingerprint density at radius 1 is 0.971 bits per heavy atom. The van der Waals surface area contributed by atoms with E-state index in [1.165, 1.54) is 0 Å². The van der Waals surface area contributed by atoms with E-state index in [2.05, 4.69) is 10.4 Å². The molecular formula is C26H23Cl2N3O3. The van der Waals surface area contributed by atoms with Crippen LogP contribution in [0.1, 0.15) is 27.2 Å². The number of ether oxygens (including phenoxy) is 2. The van der Waals surface area contributed by atoms with Gasteiger partial charge in [-0.05, 0) is 61.0 Å². The number of hydrogen-bond donors (Lipinski definition) is 1. The molecule has 4 aromatic rings. The van der Waals surface area contributed by atoms with Crippen LogP contribution >= 0.6 is 23.2 Å². The van der Waals surface area contributed by atoms with Gasteiger partial charge in [0.1, 0.15) is 18.1 Å². The van der Waals surface area contributed by atoms with Gasteiger partial charge in [0.2, 0.25) is 0 Å². The Kier molecular flexibility index (Phi) is 7.40. The highest BCUT2D eigenvalue weighted by atomic mass is 35.5. The van der Waals surface area contributed by atoms with Crippen LogP contribution in [0.2, 0.25) is 10.0 Å². The number of methoxy groups -OCH3 is 1. The molecule has 0 radical (unpaired) electrons. The standard InChI is InChI=1S/C26H23Cl2N3O3/c1-17-14-25(30-31(17)15-22-23(27)4-3-5-24(22)28)29-26(32)19-8-6-18(7-9-19)16-34-21-12-10-20(33-2)11-13-21/h3-14H,15-16H2,1-2H3,(H,29,30,32). The number of carbonyl (C=O) groups excluding carboxylic acids is 1. The molecule has 0 saturated carbocycles. The van der Waals surface area contributed by atoms with Gasteiger partial charge in [-0.2, -0.15) is 5.10 Å². The van der Waals surface area contributed by atoms with Crippen molar-refractivity contribution < 1.29 is 14.3 Å². The van der Waals surface area contributed by atoms with E-state index in [-0.39, 0.29) is 5.91 Å². The molecule has 1 heterocycles. The van der Waals surface area contributed by atoms with Crippen molar-refractivity contribution in [1.82, 2.24) is 9.78 Å². The molecule has 8 heteroatoms. The molecule has 0 bridgehead atoms. The fraction of sp³-hybridized carbons (Fsp3) is 0.154. The molecule has 1 amide bonds. The summed E-state index contributed by atoms with van der Waals surface area (Å²) >= 11 is 12.6. The van der Waals surface area contributed by atoms with Gasteiger partial charge in [0.05, 0.1) is 13.7 Å². The maximum absolute atomic E-state index is 12.7. The number of anilines is 1. The van der Waals surface area contributed by atoms with Crippen LogP contribution in [0.15, 0.2) is 72.8 Å². The second kappa shape index (κ2) is 10.6. The van der Waals surface area contributed by atoms with Crippen molar-refractivity contribution in [3.05, 3.63) is 105 Å². The fourth-order valence-corrected chi connectivity index (χ4v) is 3.86. The SMILES string of the molecule is COc1ccc(OCc2ccc(C(=O)Nc3cc(C)n(Cc4c(Cl)cccc4Cl)n3)cc2)cc1. The molecule has 6 nitrogen and oxygen atoms in total. The number of nitrogens with zero attached hydrogens (tertiary/aromatic N) is 2. The Hall–Kier alpha value is -3.48. The number of hydrogen-bond acceptors (Lipinski definition) is 4.